The fourth-order valence-electron chi connectivity index (χ4n) is 2.09. The number of phenolic OH excluding ortho intramolecular Hbond substituents is 1. The Morgan fingerprint density at radius 2 is 1.88 bits per heavy atom. The number of phenols is 1. The molecule has 26 heavy (non-hydrogen) atoms. The number of anilines is 1. The first kappa shape index (κ1) is 19.0. The van der Waals surface area contributed by atoms with Crippen molar-refractivity contribution in [1.82, 2.24) is 5.43 Å². The Balaban J connectivity index is 1.84. The summed E-state index contributed by atoms with van der Waals surface area (Å²) in [4.78, 5) is 23.6. The van der Waals surface area contributed by atoms with Crippen LogP contribution in [0.2, 0.25) is 0 Å². The quantitative estimate of drug-likeness (QED) is 0.404. The molecule has 0 aliphatic heterocycles. The van der Waals surface area contributed by atoms with Gasteiger partial charge in [-0.05, 0) is 49.7 Å². The fourth-order valence-corrected chi connectivity index (χ4v) is 2.09. The third-order valence-corrected chi connectivity index (χ3v) is 3.34. The maximum atomic E-state index is 11.8. The van der Waals surface area contributed by atoms with Crippen LogP contribution in [0, 0.1) is 6.92 Å². The molecule has 0 unspecified atom stereocenters. The first-order valence-corrected chi connectivity index (χ1v) is 8.12. The summed E-state index contributed by atoms with van der Waals surface area (Å²) in [6.07, 6.45) is 1.06. The van der Waals surface area contributed by atoms with Crippen LogP contribution in [0.25, 0.3) is 0 Å². The summed E-state index contributed by atoms with van der Waals surface area (Å²) in [6.45, 7) is 4.17. The Labute approximate surface area is 151 Å². The first-order chi connectivity index (χ1) is 12.5. The van der Waals surface area contributed by atoms with Gasteiger partial charge in [-0.3, -0.25) is 9.59 Å². The number of hydrazone groups is 1. The number of rotatable bonds is 7. The summed E-state index contributed by atoms with van der Waals surface area (Å²) in [5.41, 5.74) is 4.63. The van der Waals surface area contributed by atoms with E-state index >= 15 is 0 Å². The molecule has 0 heterocycles. The number of aryl methyl sites for hydroxylation is 1. The van der Waals surface area contributed by atoms with E-state index < -0.39 is 11.8 Å². The number of nitrogens with zero attached hydrogens (tertiary/aromatic N) is 1. The maximum Gasteiger partial charge on any atom is 0.249 e. The molecule has 2 aromatic rings. The lowest BCUT2D eigenvalue weighted by Crippen LogP contribution is -2.24. The van der Waals surface area contributed by atoms with E-state index in [0.29, 0.717) is 23.6 Å². The maximum absolute atomic E-state index is 11.8. The molecule has 7 nitrogen and oxygen atoms in total. The zero-order valence-electron chi connectivity index (χ0n) is 14.7. The highest BCUT2D eigenvalue weighted by Gasteiger charge is 2.09. The molecular formula is C19H21N3O4. The van der Waals surface area contributed by atoms with E-state index in [4.69, 9.17) is 4.74 Å². The van der Waals surface area contributed by atoms with Crippen LogP contribution in [0.15, 0.2) is 47.6 Å². The van der Waals surface area contributed by atoms with E-state index in [1.165, 1.54) is 12.3 Å². The SMILES string of the molecule is CCOc1cc(C=NNC(=O)CC(=O)Nc2ccc(C)cc2)ccc1O. The molecule has 0 atom stereocenters. The van der Waals surface area contributed by atoms with Gasteiger partial charge in [-0.25, -0.2) is 5.43 Å². The van der Waals surface area contributed by atoms with Crippen molar-refractivity contribution in [3.8, 4) is 11.5 Å². The molecule has 0 saturated heterocycles. The van der Waals surface area contributed by atoms with Crippen molar-refractivity contribution in [1.29, 1.82) is 0 Å². The highest BCUT2D eigenvalue weighted by molar-refractivity contribution is 6.03. The van der Waals surface area contributed by atoms with Crippen LogP contribution in [0.4, 0.5) is 5.69 Å². The highest BCUT2D eigenvalue weighted by atomic mass is 16.5. The number of ether oxygens (including phenoxy) is 1. The Morgan fingerprint density at radius 1 is 1.15 bits per heavy atom. The van der Waals surface area contributed by atoms with Gasteiger partial charge in [-0.15, -0.1) is 0 Å². The third kappa shape index (κ3) is 5.94. The molecule has 7 heteroatoms. The summed E-state index contributed by atoms with van der Waals surface area (Å²) in [7, 11) is 0. The molecule has 0 aliphatic carbocycles. The summed E-state index contributed by atoms with van der Waals surface area (Å²) < 4.78 is 5.27. The summed E-state index contributed by atoms with van der Waals surface area (Å²) in [5, 5.41) is 16.1. The van der Waals surface area contributed by atoms with E-state index in [1.807, 2.05) is 26.0 Å². The number of carbonyl (C=O) groups is 2. The molecule has 0 radical (unpaired) electrons. The van der Waals surface area contributed by atoms with Crippen LogP contribution in [0.3, 0.4) is 0 Å². The van der Waals surface area contributed by atoms with Crippen molar-refractivity contribution in [2.45, 2.75) is 20.3 Å². The number of benzene rings is 2. The van der Waals surface area contributed by atoms with Crippen LogP contribution in [0.5, 0.6) is 11.5 Å². The third-order valence-electron chi connectivity index (χ3n) is 3.34. The van der Waals surface area contributed by atoms with E-state index in [-0.39, 0.29) is 12.2 Å². The van der Waals surface area contributed by atoms with Gasteiger partial charge in [0.15, 0.2) is 11.5 Å². The molecule has 0 bridgehead atoms. The van der Waals surface area contributed by atoms with Gasteiger partial charge in [0.2, 0.25) is 11.8 Å². The van der Waals surface area contributed by atoms with E-state index in [2.05, 4.69) is 15.8 Å². The Morgan fingerprint density at radius 3 is 2.58 bits per heavy atom. The minimum Gasteiger partial charge on any atom is -0.504 e. The lowest BCUT2D eigenvalue weighted by atomic mass is 10.2. The second-order valence-electron chi connectivity index (χ2n) is 5.54. The Bertz CT molecular complexity index is 801. The molecule has 2 rings (SSSR count). The molecule has 2 amide bonds. The van der Waals surface area contributed by atoms with Crippen LogP contribution in [-0.4, -0.2) is 29.7 Å². The van der Waals surface area contributed by atoms with Gasteiger partial charge in [0, 0.05) is 5.69 Å². The molecule has 0 saturated carbocycles. The second-order valence-corrected chi connectivity index (χ2v) is 5.54. The van der Waals surface area contributed by atoms with Crippen molar-refractivity contribution >= 4 is 23.7 Å². The monoisotopic (exact) mass is 355 g/mol. The summed E-state index contributed by atoms with van der Waals surface area (Å²) in [6, 6.07) is 12.0. The van der Waals surface area contributed by atoms with E-state index in [9.17, 15) is 14.7 Å². The van der Waals surface area contributed by atoms with Gasteiger partial charge < -0.3 is 15.2 Å². The molecule has 0 aliphatic rings. The van der Waals surface area contributed by atoms with Gasteiger partial charge >= 0.3 is 0 Å². The molecule has 3 N–H and O–H groups in total. The molecule has 136 valence electrons. The average Bonchev–Trinajstić information content (AvgIpc) is 2.60. The van der Waals surface area contributed by atoms with Crippen molar-refractivity contribution in [2.75, 3.05) is 11.9 Å². The van der Waals surface area contributed by atoms with Crippen LogP contribution in [-0.2, 0) is 9.59 Å². The largest absolute Gasteiger partial charge is 0.504 e. The summed E-state index contributed by atoms with van der Waals surface area (Å²) in [5.74, 6) is -0.597. The molecular weight excluding hydrogens is 334 g/mol. The zero-order valence-corrected chi connectivity index (χ0v) is 14.7. The normalized spacial score (nSPS) is 10.5. The van der Waals surface area contributed by atoms with Crippen LogP contribution in [0.1, 0.15) is 24.5 Å². The van der Waals surface area contributed by atoms with Gasteiger partial charge in [-0.2, -0.15) is 5.10 Å². The van der Waals surface area contributed by atoms with Crippen LogP contribution >= 0.6 is 0 Å². The average molecular weight is 355 g/mol. The predicted molar refractivity (Wildman–Crippen MR) is 99.4 cm³/mol. The molecule has 0 aromatic heterocycles. The lowest BCUT2D eigenvalue weighted by Gasteiger charge is -2.06. The van der Waals surface area contributed by atoms with Crippen LogP contribution < -0.4 is 15.5 Å². The predicted octanol–water partition coefficient (Wildman–Crippen LogP) is 2.58. The zero-order chi connectivity index (χ0) is 18.9. The van der Waals surface area contributed by atoms with E-state index in [1.54, 1.807) is 24.3 Å². The highest BCUT2D eigenvalue weighted by Crippen LogP contribution is 2.26. The van der Waals surface area contributed by atoms with Gasteiger partial charge in [0.25, 0.3) is 0 Å². The van der Waals surface area contributed by atoms with Crippen molar-refractivity contribution in [3.05, 3.63) is 53.6 Å². The number of amides is 2. The van der Waals surface area contributed by atoms with Crippen molar-refractivity contribution < 1.29 is 19.4 Å². The minimum absolute atomic E-state index is 0.0285. The summed E-state index contributed by atoms with van der Waals surface area (Å²) >= 11 is 0. The molecule has 0 fully saturated rings. The second kappa shape index (κ2) is 9.22. The Hall–Kier alpha value is -3.35. The smallest absolute Gasteiger partial charge is 0.249 e. The van der Waals surface area contributed by atoms with Gasteiger partial charge in [-0.1, -0.05) is 17.7 Å². The van der Waals surface area contributed by atoms with Crippen molar-refractivity contribution in [3.63, 3.8) is 0 Å². The fraction of sp³-hybridized carbons (Fsp3) is 0.211. The van der Waals surface area contributed by atoms with E-state index in [0.717, 1.165) is 5.56 Å². The topological polar surface area (TPSA) is 100 Å². The number of aromatic hydroxyl groups is 1. The number of carbonyl (C=O) groups excluding carboxylic acids is 2. The Kier molecular flexibility index (Phi) is 6.73. The number of hydrogen-bond donors (Lipinski definition) is 3. The number of hydrogen-bond acceptors (Lipinski definition) is 5. The lowest BCUT2D eigenvalue weighted by molar-refractivity contribution is -0.126. The molecule has 0 spiro atoms. The standard InChI is InChI=1S/C19H21N3O4/c1-3-26-17-10-14(6-9-16(17)23)12-20-22-19(25)11-18(24)21-15-7-4-13(2)5-8-15/h4-10,12,23H,3,11H2,1-2H3,(H,21,24)(H,22,25). The number of nitrogens with one attached hydrogen (secondary N) is 2. The van der Waals surface area contributed by atoms with Crippen molar-refractivity contribution in [2.24, 2.45) is 5.10 Å². The van der Waals surface area contributed by atoms with Gasteiger partial charge in [0.05, 0.1) is 12.8 Å². The first-order valence-electron chi connectivity index (χ1n) is 8.12. The minimum atomic E-state index is -0.533. The van der Waals surface area contributed by atoms with Gasteiger partial charge in [0.1, 0.15) is 6.42 Å². The molecule has 2 aromatic carbocycles.